The largest absolute Gasteiger partial charge is 0.383 e. The highest BCUT2D eigenvalue weighted by molar-refractivity contribution is 5.96. The highest BCUT2D eigenvalue weighted by atomic mass is 16.2. The number of aryl methyl sites for hydroxylation is 1. The quantitative estimate of drug-likeness (QED) is 0.510. The Hall–Kier alpha value is -3.40. The number of anilines is 2. The smallest absolute Gasteiger partial charge is 0.330 e. The van der Waals surface area contributed by atoms with E-state index in [4.69, 9.17) is 5.73 Å². The Bertz CT molecular complexity index is 1180. The van der Waals surface area contributed by atoms with E-state index in [0.717, 1.165) is 17.5 Å². The van der Waals surface area contributed by atoms with Crippen LogP contribution in [0.2, 0.25) is 0 Å². The third-order valence-electron chi connectivity index (χ3n) is 6.65. The van der Waals surface area contributed by atoms with E-state index < -0.39 is 11.2 Å². The second-order valence-corrected chi connectivity index (χ2v) is 9.30. The molecule has 2 heterocycles. The molecule has 3 rings (SSSR count). The number of hydrogen-bond acceptors (Lipinski definition) is 6. The second-order valence-electron chi connectivity index (χ2n) is 9.30. The second kappa shape index (κ2) is 12.5. The molecule has 1 aliphatic rings. The van der Waals surface area contributed by atoms with Crippen LogP contribution in [0.4, 0.5) is 11.5 Å². The Kier molecular flexibility index (Phi) is 9.46. The molecule has 196 valence electrons. The van der Waals surface area contributed by atoms with E-state index in [1.165, 1.54) is 9.47 Å². The monoisotopic (exact) mass is 498 g/mol. The van der Waals surface area contributed by atoms with E-state index in [9.17, 15) is 19.2 Å². The van der Waals surface area contributed by atoms with E-state index in [1.54, 1.807) is 0 Å². The first kappa shape index (κ1) is 27.2. The van der Waals surface area contributed by atoms with Gasteiger partial charge in [0.25, 0.3) is 5.56 Å². The van der Waals surface area contributed by atoms with Crippen molar-refractivity contribution in [1.82, 2.24) is 19.4 Å². The summed E-state index contributed by atoms with van der Waals surface area (Å²) in [6.07, 6.45) is 2.55. The lowest BCUT2D eigenvalue weighted by Gasteiger charge is -2.35. The van der Waals surface area contributed by atoms with E-state index in [-0.39, 0.29) is 29.9 Å². The van der Waals surface area contributed by atoms with Crippen LogP contribution in [0.3, 0.4) is 0 Å². The molecule has 0 bridgehead atoms. The molecule has 2 aromatic rings. The van der Waals surface area contributed by atoms with Crippen LogP contribution < -0.4 is 21.9 Å². The minimum atomic E-state index is -0.652. The zero-order valence-electron chi connectivity index (χ0n) is 21.6. The number of hydrogen-bond donors (Lipinski definition) is 2. The first-order chi connectivity index (χ1) is 17.3. The number of carbonyl (C=O) groups excluding carboxylic acids is 2. The van der Waals surface area contributed by atoms with E-state index in [1.807, 2.05) is 54.8 Å². The molecular weight excluding hydrogens is 460 g/mol. The van der Waals surface area contributed by atoms with Gasteiger partial charge in [-0.3, -0.25) is 28.8 Å². The van der Waals surface area contributed by atoms with Crippen LogP contribution in [-0.4, -0.2) is 70.4 Å². The maximum Gasteiger partial charge on any atom is 0.330 e. The Morgan fingerprint density at radius 1 is 1.06 bits per heavy atom. The lowest BCUT2D eigenvalue weighted by Crippen LogP contribution is -2.52. The summed E-state index contributed by atoms with van der Waals surface area (Å²) in [5, 5.41) is 0. The molecule has 1 aromatic carbocycles. The van der Waals surface area contributed by atoms with Gasteiger partial charge >= 0.3 is 5.69 Å². The van der Waals surface area contributed by atoms with Crippen molar-refractivity contribution >= 4 is 23.3 Å². The Labute approximate surface area is 211 Å². The Balaban J connectivity index is 1.68. The molecule has 0 aliphatic carbocycles. The summed E-state index contributed by atoms with van der Waals surface area (Å²) in [4.78, 5) is 58.7. The van der Waals surface area contributed by atoms with Crippen LogP contribution in [0.5, 0.6) is 0 Å². The van der Waals surface area contributed by atoms with Crippen LogP contribution >= 0.6 is 0 Å². The van der Waals surface area contributed by atoms with Crippen molar-refractivity contribution in [2.45, 2.75) is 53.0 Å². The van der Waals surface area contributed by atoms with Gasteiger partial charge in [0.05, 0.1) is 13.0 Å². The summed E-state index contributed by atoms with van der Waals surface area (Å²) < 4.78 is 1.31. The van der Waals surface area contributed by atoms with Gasteiger partial charge in [-0.05, 0) is 30.9 Å². The van der Waals surface area contributed by atoms with Crippen molar-refractivity contribution in [3.05, 3.63) is 56.2 Å². The Morgan fingerprint density at radius 3 is 2.39 bits per heavy atom. The van der Waals surface area contributed by atoms with Crippen molar-refractivity contribution in [1.29, 1.82) is 0 Å². The average Bonchev–Trinajstić information content (AvgIpc) is 2.85. The third kappa shape index (κ3) is 6.42. The van der Waals surface area contributed by atoms with Gasteiger partial charge in [0.15, 0.2) is 5.69 Å². The molecule has 0 unspecified atom stereocenters. The number of carbonyl (C=O) groups is 2. The number of nitrogens with two attached hydrogens (primary N) is 1. The van der Waals surface area contributed by atoms with Gasteiger partial charge in [-0.2, -0.15) is 0 Å². The number of unbranched alkanes of at least 4 members (excludes halogenated alkanes) is 1. The number of aromatic nitrogens is 2. The molecule has 1 saturated heterocycles. The predicted molar refractivity (Wildman–Crippen MR) is 141 cm³/mol. The molecule has 0 atom stereocenters. The molecule has 0 radical (unpaired) electrons. The van der Waals surface area contributed by atoms with Crippen LogP contribution in [0.15, 0.2) is 33.9 Å². The molecular formula is C26H38N6O4. The Morgan fingerprint density at radius 2 is 1.75 bits per heavy atom. The number of H-pyrrole nitrogens is 1. The standard InChI is InChI=1S/C26H38N6O4/c1-4-6-12-31(23-24(27)32(11-5-2)26(36)28-25(23)35)22(34)18-29-13-15-30(16-14-29)21(33)17-20-10-8-7-9-19(20)3/h7-10H,4-6,11-18,27H2,1-3H3,(H,28,35,36). The summed E-state index contributed by atoms with van der Waals surface area (Å²) in [6, 6.07) is 7.88. The minimum absolute atomic E-state index is 0.0154. The number of aromatic amines is 1. The number of rotatable bonds is 10. The van der Waals surface area contributed by atoms with Gasteiger partial charge in [0.1, 0.15) is 5.82 Å². The van der Waals surface area contributed by atoms with Crippen molar-refractivity contribution in [2.24, 2.45) is 0 Å². The fourth-order valence-electron chi connectivity index (χ4n) is 4.48. The number of nitrogens with one attached hydrogen (secondary N) is 1. The highest BCUT2D eigenvalue weighted by Gasteiger charge is 2.28. The van der Waals surface area contributed by atoms with Crippen molar-refractivity contribution in [3.63, 3.8) is 0 Å². The molecule has 36 heavy (non-hydrogen) atoms. The van der Waals surface area contributed by atoms with Gasteiger partial charge < -0.3 is 15.5 Å². The van der Waals surface area contributed by atoms with Crippen LogP contribution in [0, 0.1) is 6.92 Å². The maximum absolute atomic E-state index is 13.4. The van der Waals surface area contributed by atoms with Crippen LogP contribution in [0.25, 0.3) is 0 Å². The van der Waals surface area contributed by atoms with Crippen molar-refractivity contribution in [3.8, 4) is 0 Å². The van der Waals surface area contributed by atoms with Crippen LogP contribution in [-0.2, 0) is 22.6 Å². The lowest BCUT2D eigenvalue weighted by molar-refractivity contribution is -0.132. The number of amides is 2. The maximum atomic E-state index is 13.4. The minimum Gasteiger partial charge on any atom is -0.383 e. The topological polar surface area (TPSA) is 125 Å². The summed E-state index contributed by atoms with van der Waals surface area (Å²) in [5.41, 5.74) is 7.17. The van der Waals surface area contributed by atoms with E-state index in [0.29, 0.717) is 58.5 Å². The summed E-state index contributed by atoms with van der Waals surface area (Å²) in [6.45, 7) is 8.90. The van der Waals surface area contributed by atoms with Crippen molar-refractivity contribution < 1.29 is 9.59 Å². The lowest BCUT2D eigenvalue weighted by atomic mass is 10.1. The summed E-state index contributed by atoms with van der Waals surface area (Å²) >= 11 is 0. The van der Waals surface area contributed by atoms with Crippen molar-refractivity contribution in [2.75, 3.05) is 49.9 Å². The zero-order chi connectivity index (χ0) is 26.2. The van der Waals surface area contributed by atoms with E-state index >= 15 is 0 Å². The molecule has 10 heteroatoms. The molecule has 2 amide bonds. The first-order valence-corrected chi connectivity index (χ1v) is 12.7. The average molecular weight is 499 g/mol. The molecule has 3 N–H and O–H groups in total. The highest BCUT2D eigenvalue weighted by Crippen LogP contribution is 2.19. The molecule has 1 aliphatic heterocycles. The summed E-state index contributed by atoms with van der Waals surface area (Å²) in [5.74, 6) is -0.152. The summed E-state index contributed by atoms with van der Waals surface area (Å²) in [7, 11) is 0. The molecule has 10 nitrogen and oxygen atoms in total. The molecule has 1 fully saturated rings. The SMILES string of the molecule is CCCCN(C(=O)CN1CCN(C(=O)Cc2ccccc2C)CC1)c1c(N)n(CCC)c(=O)[nH]c1=O. The zero-order valence-corrected chi connectivity index (χ0v) is 21.6. The third-order valence-corrected chi connectivity index (χ3v) is 6.65. The van der Waals surface area contributed by atoms with Gasteiger partial charge in [-0.15, -0.1) is 0 Å². The first-order valence-electron chi connectivity index (χ1n) is 12.7. The molecule has 1 aromatic heterocycles. The van der Waals surface area contributed by atoms with Gasteiger partial charge in [-0.1, -0.05) is 44.5 Å². The van der Waals surface area contributed by atoms with Crippen LogP contribution in [0.1, 0.15) is 44.2 Å². The number of piperazine rings is 1. The normalized spacial score (nSPS) is 14.1. The van der Waals surface area contributed by atoms with E-state index in [2.05, 4.69) is 4.98 Å². The molecule has 0 spiro atoms. The number of benzene rings is 1. The number of nitrogens with zero attached hydrogens (tertiary/aromatic N) is 4. The predicted octanol–water partition coefficient (Wildman–Crippen LogP) is 1.36. The van der Waals surface area contributed by atoms with Gasteiger partial charge in [0, 0.05) is 39.3 Å². The fraction of sp³-hybridized carbons (Fsp3) is 0.538. The van der Waals surface area contributed by atoms with Gasteiger partial charge in [-0.25, -0.2) is 4.79 Å². The fourth-order valence-corrected chi connectivity index (χ4v) is 4.48. The number of nitrogen functional groups attached to an aromatic ring is 1. The molecule has 0 saturated carbocycles. The van der Waals surface area contributed by atoms with Gasteiger partial charge in [0.2, 0.25) is 11.8 Å².